The molecule has 0 bridgehead atoms. The van der Waals surface area contributed by atoms with Crippen molar-refractivity contribution in [3.8, 4) is 17.2 Å². The molecule has 0 saturated carbocycles. The van der Waals surface area contributed by atoms with Crippen molar-refractivity contribution < 1.29 is 99.8 Å². The van der Waals surface area contributed by atoms with Crippen molar-refractivity contribution in [1.29, 1.82) is 5.41 Å². The van der Waals surface area contributed by atoms with Crippen LogP contribution in [0.2, 0.25) is 0 Å². The van der Waals surface area contributed by atoms with Crippen LogP contribution in [-0.4, -0.2) is 153 Å². The van der Waals surface area contributed by atoms with E-state index in [-0.39, 0.29) is 44.9 Å². The summed E-state index contributed by atoms with van der Waals surface area (Å²) in [6.45, 7) is 11.6. The first-order valence-electron chi connectivity index (χ1n) is 34.4. The topological polar surface area (TPSA) is 257 Å². The summed E-state index contributed by atoms with van der Waals surface area (Å²) in [6.07, 6.45) is -8.56. The van der Waals surface area contributed by atoms with E-state index >= 15 is 0 Å². The first kappa shape index (κ1) is 80.9. The monoisotopic (exact) mass is 1450 g/mol. The average Bonchev–Trinajstić information content (AvgIpc) is 0.768. The molecule has 0 aromatic heterocycles. The third kappa shape index (κ3) is 24.9. The summed E-state index contributed by atoms with van der Waals surface area (Å²) in [4.78, 5) is 69.3. The fraction of sp³-hybridized carbons (Fsp3) is 0.573. The quantitative estimate of drug-likeness (QED) is 0.00832. The molecular weight excluding hydrogens is 1360 g/mol. The van der Waals surface area contributed by atoms with Gasteiger partial charge in [-0.2, -0.15) is 0 Å². The van der Waals surface area contributed by atoms with Crippen molar-refractivity contribution in [3.05, 3.63) is 131 Å². The third-order valence-corrected chi connectivity index (χ3v) is 18.0. The fourth-order valence-electron chi connectivity index (χ4n) is 11.5. The summed E-state index contributed by atoms with van der Waals surface area (Å²) in [5.41, 5.74) is 2.70. The minimum Gasteiger partial charge on any atom is -0.497 e. The van der Waals surface area contributed by atoms with Crippen LogP contribution >= 0.6 is 34.8 Å². The Morgan fingerprint density at radius 2 is 0.900 bits per heavy atom. The summed E-state index contributed by atoms with van der Waals surface area (Å²) in [7, 11) is 4.63. The van der Waals surface area contributed by atoms with E-state index < -0.39 is 132 Å². The summed E-state index contributed by atoms with van der Waals surface area (Å²) in [5, 5.41) is 8.61. The number of hydrogen-bond acceptors (Lipinski definition) is 22. The number of unbranched alkanes of at least 4 members (excludes halogenated alkanes) is 8. The van der Waals surface area contributed by atoms with Gasteiger partial charge in [0.1, 0.15) is 53.6 Å². The predicted octanol–water partition coefficient (Wildman–Crippen LogP) is 13.8. The van der Waals surface area contributed by atoms with Gasteiger partial charge in [0.25, 0.3) is 3.79 Å². The van der Waals surface area contributed by atoms with E-state index in [1.54, 1.807) is 109 Å². The van der Waals surface area contributed by atoms with Crippen molar-refractivity contribution in [2.75, 3.05) is 21.3 Å². The number of ether oxygens (including phenoxy) is 16. The minimum atomic E-state index is -2.41. The molecule has 22 nitrogen and oxygen atoms in total. The maximum absolute atomic E-state index is 14.6. The normalized spacial score (nSPS) is 25.6. The highest BCUT2D eigenvalue weighted by molar-refractivity contribution is 6.76. The van der Waals surface area contributed by atoms with Crippen molar-refractivity contribution in [3.63, 3.8) is 0 Å². The number of benzene rings is 4. The zero-order valence-corrected chi connectivity index (χ0v) is 61.0. The molecule has 3 aliphatic rings. The molecule has 4 aromatic carbocycles. The standard InChI is InChI=1S/C75H98Cl3NO21/c1-11-13-14-15-16-17-18-19-23-26-58(81)94-61-48(5)91-71(67(96-60(83)42-34-51-24-21-20-22-25-51)64(61)88-43-52-28-35-55(85-8)36-29-52)98-63-49(6)92-72(69(97-70(84)46(3)12-2)66(63)90-45-54-32-39-57(87-10)40-33-54)99-62-50(7)93-73(100-74(79)75(76,77)78)68(95-59(82)41-27-47(4)80)65(62)89-44-53-30-37-56(86-9)38-31-53/h20-22,24-25,28-40,42,46,48-50,61-69,71-73,79H,11-19,23,26-27,41,43-45H2,1-10H3/b42-34+,79-74?/t46-,48-,49-,50-,61-,62-,63-,64+,65+,66+,67+,68+,69+,71-,72-,73-/m0/s1. The molecule has 0 amide bonds. The Morgan fingerprint density at radius 1 is 0.490 bits per heavy atom. The Morgan fingerprint density at radius 3 is 1.35 bits per heavy atom. The van der Waals surface area contributed by atoms with Crippen LogP contribution in [0.25, 0.3) is 6.08 Å². The number of alkyl halides is 3. The van der Waals surface area contributed by atoms with Crippen molar-refractivity contribution >= 4 is 76.4 Å². The maximum atomic E-state index is 14.6. The number of hydrogen-bond donors (Lipinski definition) is 1. The molecule has 7 rings (SSSR count). The van der Waals surface area contributed by atoms with Gasteiger partial charge in [-0.05, 0) is 105 Å². The van der Waals surface area contributed by atoms with E-state index in [2.05, 4.69) is 6.92 Å². The largest absolute Gasteiger partial charge is 0.497 e. The highest BCUT2D eigenvalue weighted by Crippen LogP contribution is 2.40. The number of rotatable bonds is 38. The zero-order chi connectivity index (χ0) is 72.3. The lowest BCUT2D eigenvalue weighted by Crippen LogP contribution is -2.67. The van der Waals surface area contributed by atoms with E-state index in [4.69, 9.17) is 116 Å². The second-order valence-electron chi connectivity index (χ2n) is 25.2. The molecule has 0 spiro atoms. The summed E-state index contributed by atoms with van der Waals surface area (Å²) in [5.74, 6) is -2.99. The molecule has 0 radical (unpaired) electrons. The van der Waals surface area contributed by atoms with E-state index in [1.807, 2.05) is 49.4 Å². The second-order valence-corrected chi connectivity index (χ2v) is 27.5. The van der Waals surface area contributed by atoms with Gasteiger partial charge in [0.05, 0.1) is 71.8 Å². The maximum Gasteiger partial charge on any atom is 0.331 e. The SMILES string of the molecule is CCCCCCCCCCCC(=O)O[C@@H]1[C@@H](OCc2ccc(OC)cc2)[C@@H](OC(=O)/C=C/c2ccccc2)[C@H](O[C@@H]2[C@@H](OCc3ccc(OC)cc3)[C@@H](OC(=O)[C@@H](C)CC)[C@H](O[C@@H]3[C@@H](OCc4ccc(OC)cc4)[C@@H](OC(=O)CCC(C)=O)[C@H](OC(=N)C(Cl)(Cl)Cl)O[C@H]3C)O[C@H]2C)O[C@H]1C. The van der Waals surface area contributed by atoms with Gasteiger partial charge in [0.15, 0.2) is 37.0 Å². The van der Waals surface area contributed by atoms with E-state index in [0.29, 0.717) is 52.3 Å². The van der Waals surface area contributed by atoms with Gasteiger partial charge in [0, 0.05) is 18.9 Å². The average molecular weight is 1460 g/mol. The first-order chi connectivity index (χ1) is 48.0. The van der Waals surface area contributed by atoms with Crippen molar-refractivity contribution in [2.24, 2.45) is 5.92 Å². The van der Waals surface area contributed by atoms with Crippen LogP contribution in [0.4, 0.5) is 0 Å². The Labute approximate surface area is 602 Å². The highest BCUT2D eigenvalue weighted by atomic mass is 35.6. The molecule has 0 unspecified atom stereocenters. The minimum absolute atomic E-state index is 0.0631. The van der Waals surface area contributed by atoms with Gasteiger partial charge < -0.3 is 80.6 Å². The number of carbonyl (C=O) groups is 5. The molecule has 1 N–H and O–H groups in total. The number of carbonyl (C=O) groups excluding carboxylic acids is 5. The molecule has 100 heavy (non-hydrogen) atoms. The van der Waals surface area contributed by atoms with Crippen LogP contribution in [-0.2, 0) is 105 Å². The van der Waals surface area contributed by atoms with Crippen LogP contribution < -0.4 is 14.2 Å². The lowest BCUT2D eigenvalue weighted by atomic mass is 9.95. The number of Topliss-reactive ketones (excluding diaryl/α,β-unsaturated/α-hetero) is 1. The predicted molar refractivity (Wildman–Crippen MR) is 373 cm³/mol. The number of methoxy groups -OCH3 is 3. The molecule has 16 atom stereocenters. The Hall–Kier alpha value is -6.41. The Balaban J connectivity index is 1.31. The molecule has 0 aliphatic carbocycles. The zero-order valence-electron chi connectivity index (χ0n) is 58.7. The lowest BCUT2D eigenvalue weighted by molar-refractivity contribution is -0.378. The molecule has 4 aromatic rings. The molecule has 550 valence electrons. The van der Waals surface area contributed by atoms with Gasteiger partial charge in [-0.15, -0.1) is 0 Å². The summed E-state index contributed by atoms with van der Waals surface area (Å²) >= 11 is 18.5. The fourth-order valence-corrected chi connectivity index (χ4v) is 11.7. The molecule has 3 aliphatic heterocycles. The lowest BCUT2D eigenvalue weighted by Gasteiger charge is -2.50. The molecule has 25 heteroatoms. The van der Waals surface area contributed by atoms with Crippen LogP contribution in [0.3, 0.4) is 0 Å². The Kier molecular flexibility index (Phi) is 33.2. The molecule has 3 fully saturated rings. The molecule has 3 saturated heterocycles. The number of halogens is 3. The van der Waals surface area contributed by atoms with Crippen LogP contribution in [0.15, 0.2) is 109 Å². The van der Waals surface area contributed by atoms with Gasteiger partial charge >= 0.3 is 23.9 Å². The van der Waals surface area contributed by atoms with Gasteiger partial charge in [-0.3, -0.25) is 19.8 Å². The summed E-state index contributed by atoms with van der Waals surface area (Å²) < 4.78 is 100. The smallest absolute Gasteiger partial charge is 0.331 e. The van der Waals surface area contributed by atoms with E-state index in [0.717, 1.165) is 25.7 Å². The number of nitrogens with one attached hydrogen (secondary N) is 1. The van der Waals surface area contributed by atoms with Gasteiger partial charge in [-0.1, -0.05) is 174 Å². The highest BCUT2D eigenvalue weighted by Gasteiger charge is 2.58. The molecular formula is C75H98Cl3NO21. The number of ketones is 1. The van der Waals surface area contributed by atoms with Crippen LogP contribution in [0.1, 0.15) is 154 Å². The second kappa shape index (κ2) is 41.0. The van der Waals surface area contributed by atoms with Gasteiger partial charge in [0.2, 0.25) is 12.2 Å². The van der Waals surface area contributed by atoms with E-state index in [1.165, 1.54) is 45.8 Å². The number of esters is 4. The van der Waals surface area contributed by atoms with Crippen molar-refractivity contribution in [2.45, 2.75) is 248 Å². The van der Waals surface area contributed by atoms with Crippen LogP contribution in [0.5, 0.6) is 17.2 Å². The van der Waals surface area contributed by atoms with Crippen LogP contribution in [0, 0.1) is 11.3 Å². The Bertz CT molecular complexity index is 3190. The first-order valence-corrected chi connectivity index (χ1v) is 35.5. The van der Waals surface area contributed by atoms with Gasteiger partial charge in [-0.25, -0.2) is 4.79 Å². The van der Waals surface area contributed by atoms with Crippen molar-refractivity contribution in [1.82, 2.24) is 0 Å². The van der Waals surface area contributed by atoms with E-state index in [9.17, 15) is 24.0 Å². The summed E-state index contributed by atoms with van der Waals surface area (Å²) in [6, 6.07) is 30.4. The molecule has 3 heterocycles. The third-order valence-electron chi connectivity index (χ3n) is 17.5.